The van der Waals surface area contributed by atoms with Crippen molar-refractivity contribution in [2.45, 2.75) is 57.1 Å². The fourth-order valence-corrected chi connectivity index (χ4v) is 5.19. The number of carbonyl (C=O) groups excluding carboxylic acids is 3. The van der Waals surface area contributed by atoms with E-state index in [1.165, 1.54) is 17.0 Å². The van der Waals surface area contributed by atoms with Gasteiger partial charge < -0.3 is 10.2 Å². The number of nitrogens with zero attached hydrogens (tertiary/aromatic N) is 2. The van der Waals surface area contributed by atoms with Gasteiger partial charge in [0.2, 0.25) is 11.8 Å². The molecule has 1 heterocycles. The first-order chi connectivity index (χ1) is 15.7. The zero-order valence-electron chi connectivity index (χ0n) is 19.0. The summed E-state index contributed by atoms with van der Waals surface area (Å²) >= 11 is 0. The molecule has 0 saturated carbocycles. The van der Waals surface area contributed by atoms with Crippen LogP contribution in [0.2, 0.25) is 0 Å². The molecule has 176 valence electrons. The van der Waals surface area contributed by atoms with E-state index in [1.807, 2.05) is 44.2 Å². The molecule has 0 aliphatic carbocycles. The van der Waals surface area contributed by atoms with Crippen LogP contribution in [0.1, 0.15) is 49.5 Å². The van der Waals surface area contributed by atoms with Crippen molar-refractivity contribution in [1.29, 1.82) is 0 Å². The molecule has 0 spiro atoms. The first kappa shape index (κ1) is 24.4. The molecule has 2 aromatic rings. The molecule has 0 radical (unpaired) electrons. The molecule has 8 nitrogen and oxygen atoms in total. The number of carbonyl (C=O) groups is 3. The van der Waals surface area contributed by atoms with Crippen molar-refractivity contribution < 1.29 is 22.8 Å². The van der Waals surface area contributed by atoms with Gasteiger partial charge in [-0.25, -0.2) is 12.7 Å². The lowest BCUT2D eigenvalue weighted by molar-refractivity contribution is -0.140. The van der Waals surface area contributed by atoms with Crippen molar-refractivity contribution in [3.8, 4) is 0 Å². The van der Waals surface area contributed by atoms with Gasteiger partial charge in [-0.1, -0.05) is 49.4 Å². The largest absolute Gasteiger partial charge is 0.352 e. The lowest BCUT2D eigenvalue weighted by Crippen LogP contribution is -2.50. The lowest BCUT2D eigenvalue weighted by atomic mass is 10.1. The number of benzene rings is 2. The van der Waals surface area contributed by atoms with Crippen molar-refractivity contribution in [3.63, 3.8) is 0 Å². The van der Waals surface area contributed by atoms with Gasteiger partial charge in [0.15, 0.2) is 0 Å². The highest BCUT2D eigenvalue weighted by Gasteiger charge is 2.41. The van der Waals surface area contributed by atoms with Crippen LogP contribution >= 0.6 is 0 Å². The summed E-state index contributed by atoms with van der Waals surface area (Å²) < 4.78 is 26.3. The third-order valence-electron chi connectivity index (χ3n) is 5.80. The van der Waals surface area contributed by atoms with E-state index in [-0.39, 0.29) is 41.9 Å². The maximum Gasteiger partial charge on any atom is 0.269 e. The van der Waals surface area contributed by atoms with Crippen LogP contribution in [0, 0.1) is 0 Å². The average Bonchev–Trinajstić information content (AvgIpc) is 3.01. The SMILES string of the molecule is CC[C@@H](C)NC(=O)[C@H](C)N(Cc1ccccc1)C(=O)CCN1C(=O)c2ccccc2S1(=O)=O. The van der Waals surface area contributed by atoms with E-state index in [0.29, 0.717) is 0 Å². The highest BCUT2D eigenvalue weighted by atomic mass is 32.2. The second kappa shape index (κ2) is 10.2. The van der Waals surface area contributed by atoms with Crippen molar-refractivity contribution in [2.75, 3.05) is 6.54 Å². The normalized spacial score (nSPS) is 16.1. The molecule has 1 aliphatic rings. The molecule has 1 N–H and O–H groups in total. The Balaban J connectivity index is 1.77. The van der Waals surface area contributed by atoms with Crippen molar-refractivity contribution in [2.24, 2.45) is 0 Å². The number of nitrogens with one attached hydrogen (secondary N) is 1. The summed E-state index contributed by atoms with van der Waals surface area (Å²) in [5.41, 5.74) is 0.943. The van der Waals surface area contributed by atoms with Gasteiger partial charge in [0.1, 0.15) is 10.9 Å². The summed E-state index contributed by atoms with van der Waals surface area (Å²) in [5, 5.41) is 2.89. The highest BCUT2D eigenvalue weighted by Crippen LogP contribution is 2.30. The Morgan fingerprint density at radius 1 is 1.03 bits per heavy atom. The van der Waals surface area contributed by atoms with Crippen LogP contribution in [0.5, 0.6) is 0 Å². The van der Waals surface area contributed by atoms with E-state index in [2.05, 4.69) is 5.32 Å². The van der Waals surface area contributed by atoms with E-state index >= 15 is 0 Å². The monoisotopic (exact) mass is 471 g/mol. The molecule has 0 bridgehead atoms. The third kappa shape index (κ3) is 5.24. The number of fused-ring (bicyclic) bond motifs is 1. The van der Waals surface area contributed by atoms with Crippen LogP contribution in [-0.2, 0) is 26.2 Å². The van der Waals surface area contributed by atoms with Gasteiger partial charge in [0, 0.05) is 25.6 Å². The summed E-state index contributed by atoms with van der Waals surface area (Å²) in [5.74, 6) is -1.34. The summed E-state index contributed by atoms with van der Waals surface area (Å²) in [7, 11) is -4.00. The van der Waals surface area contributed by atoms with E-state index in [9.17, 15) is 22.8 Å². The van der Waals surface area contributed by atoms with E-state index in [4.69, 9.17) is 0 Å². The van der Waals surface area contributed by atoms with Gasteiger partial charge in [0.05, 0.1) is 5.56 Å². The average molecular weight is 472 g/mol. The fourth-order valence-electron chi connectivity index (χ4n) is 3.62. The van der Waals surface area contributed by atoms with Gasteiger partial charge in [-0.15, -0.1) is 0 Å². The molecular formula is C24H29N3O5S. The molecule has 0 saturated heterocycles. The minimum Gasteiger partial charge on any atom is -0.352 e. The number of hydrogen-bond acceptors (Lipinski definition) is 5. The maximum absolute atomic E-state index is 13.2. The van der Waals surface area contributed by atoms with Crippen LogP contribution < -0.4 is 5.32 Å². The topological polar surface area (TPSA) is 104 Å². The van der Waals surface area contributed by atoms with E-state index < -0.39 is 27.9 Å². The predicted molar refractivity (Wildman–Crippen MR) is 124 cm³/mol. The van der Waals surface area contributed by atoms with Crippen LogP contribution in [0.15, 0.2) is 59.5 Å². The Hall–Kier alpha value is -3.20. The van der Waals surface area contributed by atoms with E-state index in [1.54, 1.807) is 19.1 Å². The minimum absolute atomic E-state index is 0.0421. The Morgan fingerprint density at radius 3 is 2.30 bits per heavy atom. The van der Waals surface area contributed by atoms with Crippen molar-refractivity contribution in [3.05, 3.63) is 65.7 Å². The lowest BCUT2D eigenvalue weighted by Gasteiger charge is -2.30. The fraction of sp³-hybridized carbons (Fsp3) is 0.375. The number of amides is 3. The number of rotatable bonds is 9. The second-order valence-corrected chi connectivity index (χ2v) is 9.96. The van der Waals surface area contributed by atoms with Crippen LogP contribution in [0.3, 0.4) is 0 Å². The zero-order valence-corrected chi connectivity index (χ0v) is 19.8. The van der Waals surface area contributed by atoms with E-state index in [0.717, 1.165) is 16.3 Å². The molecule has 0 unspecified atom stereocenters. The van der Waals surface area contributed by atoms with Crippen molar-refractivity contribution in [1.82, 2.24) is 14.5 Å². The highest BCUT2D eigenvalue weighted by molar-refractivity contribution is 7.90. The van der Waals surface area contributed by atoms with Crippen LogP contribution in [-0.4, -0.2) is 54.0 Å². The molecule has 9 heteroatoms. The summed E-state index contributed by atoms with van der Waals surface area (Å²) in [6, 6.07) is 14.4. The third-order valence-corrected chi connectivity index (χ3v) is 7.65. The smallest absolute Gasteiger partial charge is 0.269 e. The Kier molecular flexibility index (Phi) is 7.53. The molecule has 0 fully saturated rings. The Labute approximate surface area is 194 Å². The van der Waals surface area contributed by atoms with Gasteiger partial charge in [-0.3, -0.25) is 14.4 Å². The molecule has 2 aromatic carbocycles. The van der Waals surface area contributed by atoms with Gasteiger partial charge >= 0.3 is 0 Å². The predicted octanol–water partition coefficient (Wildman–Crippen LogP) is 2.55. The van der Waals surface area contributed by atoms with Crippen LogP contribution in [0.25, 0.3) is 0 Å². The first-order valence-corrected chi connectivity index (χ1v) is 12.4. The van der Waals surface area contributed by atoms with Gasteiger partial charge in [-0.05, 0) is 38.0 Å². The first-order valence-electron chi connectivity index (χ1n) is 11.0. The molecular weight excluding hydrogens is 442 g/mol. The van der Waals surface area contributed by atoms with Crippen molar-refractivity contribution >= 4 is 27.7 Å². The summed E-state index contributed by atoms with van der Waals surface area (Å²) in [6.45, 7) is 5.38. The quantitative estimate of drug-likeness (QED) is 0.605. The van der Waals surface area contributed by atoms with Gasteiger partial charge in [-0.2, -0.15) is 0 Å². The maximum atomic E-state index is 13.2. The van der Waals surface area contributed by atoms with Gasteiger partial charge in [0.25, 0.3) is 15.9 Å². The minimum atomic E-state index is -4.00. The molecule has 2 atom stereocenters. The standard InChI is InChI=1S/C24H29N3O5S/c1-4-17(2)25-23(29)18(3)26(16-19-10-6-5-7-11-19)22(28)14-15-27-24(30)20-12-8-9-13-21(20)33(27,31)32/h5-13,17-18H,4,14-16H2,1-3H3,(H,25,29)/t17-,18+/m1/s1. The number of sulfonamides is 1. The Bertz CT molecular complexity index is 1130. The second-order valence-electron chi connectivity index (χ2n) is 8.13. The summed E-state index contributed by atoms with van der Waals surface area (Å²) in [6.07, 6.45) is 0.521. The molecule has 1 aliphatic heterocycles. The number of hydrogen-bond donors (Lipinski definition) is 1. The zero-order chi connectivity index (χ0) is 24.2. The summed E-state index contributed by atoms with van der Waals surface area (Å²) in [4.78, 5) is 40.0. The Morgan fingerprint density at radius 2 is 1.67 bits per heavy atom. The molecule has 3 rings (SSSR count). The molecule has 0 aromatic heterocycles. The van der Waals surface area contributed by atoms with Crippen LogP contribution in [0.4, 0.5) is 0 Å². The molecule has 3 amide bonds. The molecule has 33 heavy (non-hydrogen) atoms.